The van der Waals surface area contributed by atoms with E-state index in [4.69, 9.17) is 0 Å². The van der Waals surface area contributed by atoms with Crippen LogP contribution in [0.15, 0.2) is 35.5 Å². The predicted molar refractivity (Wildman–Crippen MR) is 130 cm³/mol. The molecule has 0 spiro atoms. The Kier molecular flexibility index (Phi) is 7.52. The van der Waals surface area contributed by atoms with Crippen molar-refractivity contribution in [3.05, 3.63) is 35.5 Å². The highest BCUT2D eigenvalue weighted by Gasteiger charge is 2.53. The maximum Gasteiger partial charge on any atom is 0.0849 e. The number of aliphatic hydroxyl groups is 4. The summed E-state index contributed by atoms with van der Waals surface area (Å²) in [6, 6.07) is 0. The third-order valence-electron chi connectivity index (χ3n) is 9.05. The number of fused-ring (bicyclic) bond motifs is 1. The summed E-state index contributed by atoms with van der Waals surface area (Å²) >= 11 is 0. The quantitative estimate of drug-likeness (QED) is 0.459. The van der Waals surface area contributed by atoms with Gasteiger partial charge in [-0.1, -0.05) is 45.1 Å². The molecule has 3 fully saturated rings. The molecule has 0 amide bonds. The lowest BCUT2D eigenvalue weighted by molar-refractivity contribution is -0.0609. The Morgan fingerprint density at radius 1 is 1.16 bits per heavy atom. The molecular formula is C28H46O4. The van der Waals surface area contributed by atoms with Crippen LogP contribution in [0.4, 0.5) is 0 Å². The molecule has 0 radical (unpaired) electrons. The fourth-order valence-electron chi connectivity index (χ4n) is 7.02. The number of hydrogen-bond acceptors (Lipinski definition) is 4. The van der Waals surface area contributed by atoms with Gasteiger partial charge < -0.3 is 20.4 Å². The summed E-state index contributed by atoms with van der Waals surface area (Å²) in [6.07, 6.45) is 10.9. The average Bonchev–Trinajstić information content (AvgIpc) is 3.05. The molecule has 0 heterocycles. The summed E-state index contributed by atoms with van der Waals surface area (Å²) < 4.78 is 0. The van der Waals surface area contributed by atoms with Gasteiger partial charge in [-0.2, -0.15) is 0 Å². The van der Waals surface area contributed by atoms with E-state index in [0.717, 1.165) is 24.0 Å². The maximum atomic E-state index is 10.4. The van der Waals surface area contributed by atoms with Gasteiger partial charge >= 0.3 is 0 Å². The van der Waals surface area contributed by atoms with E-state index in [0.29, 0.717) is 31.1 Å². The van der Waals surface area contributed by atoms with Gasteiger partial charge in [-0.15, -0.1) is 0 Å². The standard InChI is InChI=1S/C28H46O4/c1-18-20(16-21(29)17-23(18)30)10-9-19-8-7-14-28(6)22(19)11-12-24(28)26(2,3)15-13-25(31)27(4,5)32/h9-10,21-25,29-32H,1,7-8,11-17H2,2-6H3/b19-9+,20-10-/t21-,22+,23+,24-,25+,28+/m1/s1. The Morgan fingerprint density at radius 2 is 1.84 bits per heavy atom. The van der Waals surface area contributed by atoms with Crippen molar-refractivity contribution < 1.29 is 20.4 Å². The van der Waals surface area contributed by atoms with Crippen LogP contribution in [-0.4, -0.2) is 44.3 Å². The Balaban J connectivity index is 1.76. The van der Waals surface area contributed by atoms with Crippen molar-refractivity contribution in [1.29, 1.82) is 0 Å². The Hall–Kier alpha value is -0.940. The van der Waals surface area contributed by atoms with E-state index in [9.17, 15) is 20.4 Å². The summed E-state index contributed by atoms with van der Waals surface area (Å²) in [7, 11) is 0. The van der Waals surface area contributed by atoms with Gasteiger partial charge in [-0.25, -0.2) is 0 Å². The van der Waals surface area contributed by atoms with Crippen LogP contribution in [0.1, 0.15) is 92.4 Å². The van der Waals surface area contributed by atoms with E-state index in [1.807, 2.05) is 0 Å². The molecule has 0 aliphatic heterocycles. The molecule has 3 aliphatic carbocycles. The van der Waals surface area contributed by atoms with Crippen molar-refractivity contribution in [2.24, 2.45) is 22.7 Å². The average molecular weight is 447 g/mol. The van der Waals surface area contributed by atoms with Crippen molar-refractivity contribution in [1.82, 2.24) is 0 Å². The molecule has 6 atom stereocenters. The van der Waals surface area contributed by atoms with Crippen LogP contribution in [0.25, 0.3) is 0 Å². The molecule has 3 saturated carbocycles. The van der Waals surface area contributed by atoms with E-state index < -0.39 is 23.9 Å². The smallest absolute Gasteiger partial charge is 0.0849 e. The number of aliphatic hydroxyl groups excluding tert-OH is 3. The van der Waals surface area contributed by atoms with E-state index in [2.05, 4.69) is 39.5 Å². The van der Waals surface area contributed by atoms with Crippen LogP contribution in [0, 0.1) is 22.7 Å². The van der Waals surface area contributed by atoms with Crippen molar-refractivity contribution in [3.8, 4) is 0 Å². The van der Waals surface area contributed by atoms with Crippen molar-refractivity contribution in [2.75, 3.05) is 0 Å². The van der Waals surface area contributed by atoms with E-state index in [1.54, 1.807) is 13.8 Å². The third kappa shape index (κ3) is 5.24. The van der Waals surface area contributed by atoms with Gasteiger partial charge in [0.05, 0.1) is 23.9 Å². The Labute approximate surface area is 195 Å². The molecule has 3 aliphatic rings. The second-order valence-corrected chi connectivity index (χ2v) is 12.3. The Morgan fingerprint density at radius 3 is 2.50 bits per heavy atom. The van der Waals surface area contributed by atoms with E-state index in [1.165, 1.54) is 31.3 Å². The van der Waals surface area contributed by atoms with Gasteiger partial charge in [-0.3, -0.25) is 0 Å². The van der Waals surface area contributed by atoms with Gasteiger partial charge in [-0.05, 0) is 99.0 Å². The topological polar surface area (TPSA) is 80.9 Å². The number of allylic oxidation sites excluding steroid dienone is 3. The molecule has 0 bridgehead atoms. The van der Waals surface area contributed by atoms with Crippen LogP contribution in [0.3, 0.4) is 0 Å². The molecule has 0 unspecified atom stereocenters. The zero-order valence-corrected chi connectivity index (χ0v) is 20.9. The molecule has 4 N–H and O–H groups in total. The SMILES string of the molecule is C=C1/C(=C\C=C2/CCC[C@]3(C)[C@@H](C(C)(C)CC[C@H](O)C(C)(C)O)CC[C@@H]23)C[C@@H](O)C[C@@H]1O. The minimum atomic E-state index is -1.06. The first kappa shape index (κ1) is 25.7. The monoisotopic (exact) mass is 446 g/mol. The number of hydrogen-bond donors (Lipinski definition) is 4. The molecule has 4 nitrogen and oxygen atoms in total. The largest absolute Gasteiger partial charge is 0.393 e. The van der Waals surface area contributed by atoms with Gasteiger partial charge in [0.2, 0.25) is 0 Å². The maximum absolute atomic E-state index is 10.4. The van der Waals surface area contributed by atoms with Gasteiger partial charge in [0, 0.05) is 6.42 Å². The van der Waals surface area contributed by atoms with E-state index in [-0.39, 0.29) is 10.8 Å². The second-order valence-electron chi connectivity index (χ2n) is 12.3. The highest BCUT2D eigenvalue weighted by Crippen LogP contribution is 2.62. The summed E-state index contributed by atoms with van der Waals surface area (Å²) in [5, 5.41) is 40.7. The lowest BCUT2D eigenvalue weighted by Crippen LogP contribution is -2.42. The predicted octanol–water partition coefficient (Wildman–Crippen LogP) is 5.07. The molecule has 0 saturated heterocycles. The fraction of sp³-hybridized carbons (Fsp3) is 0.786. The van der Waals surface area contributed by atoms with Gasteiger partial charge in [0.1, 0.15) is 0 Å². The van der Waals surface area contributed by atoms with Crippen LogP contribution in [0.2, 0.25) is 0 Å². The zero-order valence-electron chi connectivity index (χ0n) is 20.9. The fourth-order valence-corrected chi connectivity index (χ4v) is 7.02. The van der Waals surface area contributed by atoms with Gasteiger partial charge in [0.25, 0.3) is 0 Å². The van der Waals surface area contributed by atoms with Crippen LogP contribution >= 0.6 is 0 Å². The highest BCUT2D eigenvalue weighted by molar-refractivity contribution is 5.38. The van der Waals surface area contributed by atoms with Crippen molar-refractivity contribution in [2.45, 2.75) is 116 Å². The highest BCUT2D eigenvalue weighted by atomic mass is 16.3. The second kappa shape index (κ2) is 9.37. The van der Waals surface area contributed by atoms with Crippen LogP contribution in [0.5, 0.6) is 0 Å². The lowest BCUT2D eigenvalue weighted by Gasteiger charge is -2.48. The first-order chi connectivity index (χ1) is 14.8. The molecule has 0 aromatic heterocycles. The first-order valence-corrected chi connectivity index (χ1v) is 12.6. The number of rotatable bonds is 6. The Bertz CT molecular complexity index is 756. The van der Waals surface area contributed by atoms with Crippen molar-refractivity contribution in [3.63, 3.8) is 0 Å². The lowest BCUT2D eigenvalue weighted by atomic mass is 9.56. The molecule has 32 heavy (non-hydrogen) atoms. The van der Waals surface area contributed by atoms with Crippen LogP contribution < -0.4 is 0 Å². The molecule has 0 aromatic carbocycles. The summed E-state index contributed by atoms with van der Waals surface area (Å²) in [6.45, 7) is 14.6. The molecule has 3 rings (SSSR count). The summed E-state index contributed by atoms with van der Waals surface area (Å²) in [5.74, 6) is 1.14. The third-order valence-corrected chi connectivity index (χ3v) is 9.05. The summed E-state index contributed by atoms with van der Waals surface area (Å²) in [5.41, 5.74) is 2.52. The minimum Gasteiger partial charge on any atom is -0.393 e. The van der Waals surface area contributed by atoms with E-state index >= 15 is 0 Å². The molecule has 182 valence electrons. The van der Waals surface area contributed by atoms with Gasteiger partial charge in [0.15, 0.2) is 0 Å². The van der Waals surface area contributed by atoms with Crippen LogP contribution in [-0.2, 0) is 0 Å². The molecule has 4 heteroatoms. The molecular weight excluding hydrogens is 400 g/mol. The molecule has 0 aromatic rings. The first-order valence-electron chi connectivity index (χ1n) is 12.6. The summed E-state index contributed by atoms with van der Waals surface area (Å²) in [4.78, 5) is 0. The normalized spacial score (nSPS) is 37.7. The minimum absolute atomic E-state index is 0.0997. The van der Waals surface area contributed by atoms with Crippen molar-refractivity contribution >= 4 is 0 Å². The zero-order chi connectivity index (χ0) is 23.9.